The molecule has 0 atom stereocenters. The number of carbonyl (C=O) groups is 1. The van der Waals surface area contributed by atoms with Gasteiger partial charge in [-0.2, -0.15) is 13.2 Å². The summed E-state index contributed by atoms with van der Waals surface area (Å²) in [5.74, 6) is -0.306. The second-order valence-electron chi connectivity index (χ2n) is 3.47. The number of nitrogens with one attached hydrogen (secondary N) is 1. The standard InChI is InChI=1S/C10H13F3N2O2/c1-14-5-9(16)15(7-10(11,12)13)6-8-3-2-4-17-8/h2-4,14H,5-7H2,1H3. The van der Waals surface area contributed by atoms with Crippen LogP contribution in [0.25, 0.3) is 0 Å². The number of hydrogen-bond acceptors (Lipinski definition) is 3. The lowest BCUT2D eigenvalue weighted by atomic mass is 10.3. The van der Waals surface area contributed by atoms with Crippen molar-refractivity contribution < 1.29 is 22.4 Å². The van der Waals surface area contributed by atoms with Crippen molar-refractivity contribution in [2.45, 2.75) is 12.7 Å². The molecule has 7 heteroatoms. The van der Waals surface area contributed by atoms with E-state index in [0.29, 0.717) is 10.7 Å². The largest absolute Gasteiger partial charge is 0.467 e. The van der Waals surface area contributed by atoms with Crippen molar-refractivity contribution in [1.29, 1.82) is 0 Å². The van der Waals surface area contributed by atoms with E-state index in [1.54, 1.807) is 6.07 Å². The van der Waals surface area contributed by atoms with Gasteiger partial charge in [0, 0.05) is 0 Å². The van der Waals surface area contributed by atoms with Crippen molar-refractivity contribution >= 4 is 5.91 Å². The van der Waals surface area contributed by atoms with Gasteiger partial charge >= 0.3 is 6.18 Å². The second kappa shape index (κ2) is 5.72. The highest BCUT2D eigenvalue weighted by Gasteiger charge is 2.33. The van der Waals surface area contributed by atoms with Gasteiger partial charge in [0.1, 0.15) is 12.3 Å². The number of alkyl halides is 3. The van der Waals surface area contributed by atoms with Gasteiger partial charge in [-0.1, -0.05) is 0 Å². The van der Waals surface area contributed by atoms with Gasteiger partial charge in [-0.05, 0) is 19.2 Å². The monoisotopic (exact) mass is 250 g/mol. The number of carbonyl (C=O) groups excluding carboxylic acids is 1. The predicted octanol–water partition coefficient (Wildman–Crippen LogP) is 1.39. The van der Waals surface area contributed by atoms with Crippen LogP contribution < -0.4 is 5.32 Å². The first kappa shape index (κ1) is 13.6. The number of halogens is 3. The Morgan fingerprint density at radius 1 is 1.53 bits per heavy atom. The maximum atomic E-state index is 12.3. The Morgan fingerprint density at radius 3 is 2.71 bits per heavy atom. The van der Waals surface area contributed by atoms with Crippen molar-refractivity contribution in [3.05, 3.63) is 24.2 Å². The van der Waals surface area contributed by atoms with E-state index in [-0.39, 0.29) is 13.1 Å². The molecule has 1 heterocycles. The van der Waals surface area contributed by atoms with Gasteiger partial charge in [0.05, 0.1) is 19.4 Å². The Hall–Kier alpha value is -1.50. The van der Waals surface area contributed by atoms with Gasteiger partial charge in [0.2, 0.25) is 5.91 Å². The summed E-state index contributed by atoms with van der Waals surface area (Å²) in [5.41, 5.74) is 0. The number of likely N-dealkylation sites (N-methyl/N-ethyl adjacent to an activating group) is 1. The van der Waals surface area contributed by atoms with Crippen molar-refractivity contribution in [2.24, 2.45) is 0 Å². The zero-order valence-electron chi connectivity index (χ0n) is 9.25. The fraction of sp³-hybridized carbons (Fsp3) is 0.500. The number of nitrogens with zero attached hydrogens (tertiary/aromatic N) is 1. The second-order valence-corrected chi connectivity index (χ2v) is 3.47. The molecule has 0 aliphatic rings. The van der Waals surface area contributed by atoms with Crippen LogP contribution in [0.15, 0.2) is 22.8 Å². The summed E-state index contributed by atoms with van der Waals surface area (Å²) >= 11 is 0. The first-order valence-electron chi connectivity index (χ1n) is 4.94. The molecule has 0 radical (unpaired) electrons. The molecule has 96 valence electrons. The van der Waals surface area contributed by atoms with E-state index >= 15 is 0 Å². The van der Waals surface area contributed by atoms with E-state index in [4.69, 9.17) is 4.42 Å². The Labute approximate surface area is 96.4 Å². The van der Waals surface area contributed by atoms with Gasteiger partial charge in [-0.25, -0.2) is 0 Å². The van der Waals surface area contributed by atoms with E-state index in [0.717, 1.165) is 0 Å². The fourth-order valence-electron chi connectivity index (χ4n) is 1.30. The number of hydrogen-bond donors (Lipinski definition) is 1. The van der Waals surface area contributed by atoms with E-state index in [1.165, 1.54) is 19.4 Å². The third-order valence-corrected chi connectivity index (χ3v) is 1.98. The summed E-state index contributed by atoms with van der Waals surface area (Å²) in [4.78, 5) is 12.2. The molecule has 4 nitrogen and oxygen atoms in total. The summed E-state index contributed by atoms with van der Waals surface area (Å²) in [6, 6.07) is 3.08. The molecule has 1 N–H and O–H groups in total. The van der Waals surface area contributed by atoms with Crippen molar-refractivity contribution in [3.63, 3.8) is 0 Å². The van der Waals surface area contributed by atoms with Gasteiger partial charge in [-0.15, -0.1) is 0 Å². The van der Waals surface area contributed by atoms with E-state index in [2.05, 4.69) is 5.32 Å². The van der Waals surface area contributed by atoms with Crippen LogP contribution in [0, 0.1) is 0 Å². The third-order valence-electron chi connectivity index (χ3n) is 1.98. The average molecular weight is 250 g/mol. The molecule has 0 saturated heterocycles. The fourth-order valence-corrected chi connectivity index (χ4v) is 1.30. The zero-order chi connectivity index (χ0) is 12.9. The van der Waals surface area contributed by atoms with Crippen LogP contribution in [0.3, 0.4) is 0 Å². The highest BCUT2D eigenvalue weighted by molar-refractivity contribution is 5.78. The summed E-state index contributed by atoms with van der Waals surface area (Å²) < 4.78 is 41.8. The van der Waals surface area contributed by atoms with Crippen molar-refractivity contribution in [3.8, 4) is 0 Å². The Balaban J connectivity index is 2.68. The molecule has 0 aliphatic heterocycles. The quantitative estimate of drug-likeness (QED) is 0.859. The molecule has 0 aliphatic carbocycles. The Kier molecular flexibility index (Phi) is 4.56. The molecule has 1 aromatic rings. The SMILES string of the molecule is CNCC(=O)N(Cc1ccco1)CC(F)(F)F. The van der Waals surface area contributed by atoms with Crippen molar-refractivity contribution in [2.75, 3.05) is 20.1 Å². The molecule has 1 amide bonds. The Morgan fingerprint density at radius 2 is 2.24 bits per heavy atom. The molecular formula is C10H13F3N2O2. The van der Waals surface area contributed by atoms with Gasteiger partial charge in [-0.3, -0.25) is 4.79 Å². The third kappa shape index (κ3) is 4.90. The summed E-state index contributed by atoms with van der Waals surface area (Å²) in [6.45, 7) is -1.61. The Bertz CT molecular complexity index is 349. The van der Waals surface area contributed by atoms with Gasteiger partial charge < -0.3 is 14.6 Å². The van der Waals surface area contributed by atoms with Crippen LogP contribution in [0.4, 0.5) is 13.2 Å². The summed E-state index contributed by atoms with van der Waals surface area (Å²) in [7, 11) is 1.50. The summed E-state index contributed by atoms with van der Waals surface area (Å²) in [6.07, 6.45) is -3.07. The van der Waals surface area contributed by atoms with Gasteiger partial charge in [0.25, 0.3) is 0 Å². The van der Waals surface area contributed by atoms with Crippen LogP contribution in [0.5, 0.6) is 0 Å². The first-order valence-corrected chi connectivity index (χ1v) is 4.94. The van der Waals surface area contributed by atoms with E-state index in [9.17, 15) is 18.0 Å². The van der Waals surface area contributed by atoms with E-state index in [1.807, 2.05) is 0 Å². The molecule has 1 aromatic heterocycles. The maximum Gasteiger partial charge on any atom is 0.406 e. The van der Waals surface area contributed by atoms with Crippen LogP contribution in [-0.4, -0.2) is 37.1 Å². The highest BCUT2D eigenvalue weighted by Crippen LogP contribution is 2.18. The first-order chi connectivity index (χ1) is 7.92. The predicted molar refractivity (Wildman–Crippen MR) is 54.1 cm³/mol. The van der Waals surface area contributed by atoms with E-state index < -0.39 is 18.6 Å². The molecule has 0 spiro atoms. The van der Waals surface area contributed by atoms with Crippen LogP contribution >= 0.6 is 0 Å². The summed E-state index contributed by atoms with van der Waals surface area (Å²) in [5, 5.41) is 2.52. The van der Waals surface area contributed by atoms with Crippen LogP contribution in [0.1, 0.15) is 5.76 Å². The molecule has 17 heavy (non-hydrogen) atoms. The lowest BCUT2D eigenvalue weighted by Gasteiger charge is -2.22. The van der Waals surface area contributed by atoms with Gasteiger partial charge in [0.15, 0.2) is 0 Å². The minimum atomic E-state index is -4.42. The van der Waals surface area contributed by atoms with Crippen molar-refractivity contribution in [1.82, 2.24) is 10.2 Å². The topological polar surface area (TPSA) is 45.5 Å². The number of furan rings is 1. The lowest BCUT2D eigenvalue weighted by Crippen LogP contribution is -2.42. The lowest BCUT2D eigenvalue weighted by molar-refractivity contribution is -0.162. The van der Waals surface area contributed by atoms with Crippen LogP contribution in [-0.2, 0) is 11.3 Å². The minimum Gasteiger partial charge on any atom is -0.467 e. The molecule has 1 rings (SSSR count). The highest BCUT2D eigenvalue weighted by atomic mass is 19.4. The average Bonchev–Trinajstić information content (AvgIpc) is 2.67. The molecule has 0 fully saturated rings. The minimum absolute atomic E-state index is 0.142. The number of rotatable bonds is 5. The maximum absolute atomic E-state index is 12.3. The molecule has 0 bridgehead atoms. The zero-order valence-corrected chi connectivity index (χ0v) is 9.25. The molecule has 0 saturated carbocycles. The normalized spacial score (nSPS) is 11.5. The number of amides is 1. The smallest absolute Gasteiger partial charge is 0.406 e. The van der Waals surface area contributed by atoms with Crippen LogP contribution in [0.2, 0.25) is 0 Å². The molecule has 0 aromatic carbocycles. The molecule has 0 unspecified atom stereocenters. The molecular weight excluding hydrogens is 237 g/mol.